The predicted octanol–water partition coefficient (Wildman–Crippen LogP) is 5.59. The van der Waals surface area contributed by atoms with Gasteiger partial charge in [-0.3, -0.25) is 8.86 Å². The van der Waals surface area contributed by atoms with E-state index in [0.717, 1.165) is 30.3 Å². The van der Waals surface area contributed by atoms with Gasteiger partial charge in [0.1, 0.15) is 18.4 Å². The Labute approximate surface area is 203 Å². The number of carbonyl (C=O) groups is 1. The van der Waals surface area contributed by atoms with E-state index in [9.17, 15) is 18.7 Å². The van der Waals surface area contributed by atoms with Gasteiger partial charge in [-0.1, -0.05) is 56.3 Å². The molecule has 2 N–H and O–H groups in total. The molecule has 0 aliphatic carbocycles. The van der Waals surface area contributed by atoms with Crippen LogP contribution in [0.2, 0.25) is 0 Å². The lowest BCUT2D eigenvalue weighted by Gasteiger charge is -2.29. The second kappa shape index (κ2) is 10.9. The summed E-state index contributed by atoms with van der Waals surface area (Å²) in [4.78, 5) is 11.6. The average molecular weight is 565 g/mol. The molecule has 0 aromatic heterocycles. The van der Waals surface area contributed by atoms with Crippen molar-refractivity contribution in [2.24, 2.45) is 5.92 Å². The normalized spacial score (nSPS) is 12.9. The zero-order valence-electron chi connectivity index (χ0n) is 17.6. The lowest BCUT2D eigenvalue weighted by Crippen LogP contribution is -2.45. The standard InChI is InChI=1S/C24H24INO5S/c1-16(2)23(24(27)28)26(32(29)30)20-11-7-17(8-12-20)18-9-13-21(14-10-18)31-15-19-5-3-4-6-22(19)25/h3-14,16,23H,15H2,1-2H3,(H,27,28)(H,29,30). The first-order valence-electron chi connectivity index (χ1n) is 9.97. The monoisotopic (exact) mass is 565 g/mol. The van der Waals surface area contributed by atoms with Crippen LogP contribution >= 0.6 is 22.6 Å². The van der Waals surface area contributed by atoms with Crippen molar-refractivity contribution in [2.75, 3.05) is 4.31 Å². The van der Waals surface area contributed by atoms with Crippen molar-refractivity contribution in [3.05, 3.63) is 81.9 Å². The fraction of sp³-hybridized carbons (Fsp3) is 0.208. The van der Waals surface area contributed by atoms with Crippen molar-refractivity contribution in [3.63, 3.8) is 0 Å². The van der Waals surface area contributed by atoms with E-state index in [-0.39, 0.29) is 5.92 Å². The smallest absolute Gasteiger partial charge is 0.327 e. The number of rotatable bonds is 9. The molecule has 0 heterocycles. The molecule has 0 aliphatic heterocycles. The number of carboxylic acids is 1. The third-order valence-corrected chi connectivity index (χ3v) is 6.79. The fourth-order valence-electron chi connectivity index (χ4n) is 3.33. The van der Waals surface area contributed by atoms with E-state index in [0.29, 0.717) is 12.3 Å². The van der Waals surface area contributed by atoms with E-state index < -0.39 is 23.3 Å². The molecular weight excluding hydrogens is 541 g/mol. The molecule has 3 aromatic rings. The van der Waals surface area contributed by atoms with Crippen LogP contribution in [0.4, 0.5) is 5.69 Å². The van der Waals surface area contributed by atoms with Gasteiger partial charge < -0.3 is 9.84 Å². The van der Waals surface area contributed by atoms with Crippen LogP contribution in [0, 0.1) is 9.49 Å². The first-order valence-corrected chi connectivity index (χ1v) is 12.1. The number of halogens is 1. The highest BCUT2D eigenvalue weighted by atomic mass is 127. The van der Waals surface area contributed by atoms with Gasteiger partial charge in [-0.2, -0.15) is 0 Å². The summed E-state index contributed by atoms with van der Waals surface area (Å²) in [6.07, 6.45) is 0. The number of hydrogen-bond acceptors (Lipinski definition) is 3. The molecule has 0 fully saturated rings. The molecule has 8 heteroatoms. The summed E-state index contributed by atoms with van der Waals surface area (Å²) in [7, 11) is 0. The van der Waals surface area contributed by atoms with Crippen LogP contribution in [0.15, 0.2) is 72.8 Å². The van der Waals surface area contributed by atoms with Crippen LogP contribution in [-0.2, 0) is 22.7 Å². The van der Waals surface area contributed by atoms with Gasteiger partial charge in [0.05, 0.1) is 5.69 Å². The van der Waals surface area contributed by atoms with Crippen molar-refractivity contribution >= 4 is 45.5 Å². The summed E-state index contributed by atoms with van der Waals surface area (Å²) >= 11 is -0.177. The summed E-state index contributed by atoms with van der Waals surface area (Å²) in [6, 6.07) is 21.5. The summed E-state index contributed by atoms with van der Waals surface area (Å²) in [6.45, 7) is 3.90. The summed E-state index contributed by atoms with van der Waals surface area (Å²) in [5, 5.41) is 9.51. The third-order valence-electron chi connectivity index (χ3n) is 4.97. The van der Waals surface area contributed by atoms with E-state index in [4.69, 9.17) is 4.74 Å². The van der Waals surface area contributed by atoms with E-state index in [1.54, 1.807) is 38.1 Å². The Morgan fingerprint density at radius 1 is 1.00 bits per heavy atom. The lowest BCUT2D eigenvalue weighted by atomic mass is 10.0. The van der Waals surface area contributed by atoms with Crippen LogP contribution in [-0.4, -0.2) is 25.9 Å². The molecule has 0 radical (unpaired) electrons. The van der Waals surface area contributed by atoms with Gasteiger partial charge in [0, 0.05) is 9.13 Å². The molecule has 6 nitrogen and oxygen atoms in total. The van der Waals surface area contributed by atoms with Crippen LogP contribution in [0.5, 0.6) is 5.75 Å². The number of carboxylic acid groups (broad SMARTS) is 1. The largest absolute Gasteiger partial charge is 0.489 e. The molecule has 0 bridgehead atoms. The molecule has 0 aliphatic rings. The highest BCUT2D eigenvalue weighted by Crippen LogP contribution is 2.28. The molecule has 32 heavy (non-hydrogen) atoms. The average Bonchev–Trinajstić information content (AvgIpc) is 2.76. The Kier molecular flexibility index (Phi) is 8.27. The Bertz CT molecular complexity index is 1090. The minimum atomic E-state index is -2.46. The van der Waals surface area contributed by atoms with Crippen molar-refractivity contribution in [2.45, 2.75) is 26.5 Å². The highest BCUT2D eigenvalue weighted by molar-refractivity contribution is 14.1. The van der Waals surface area contributed by atoms with Gasteiger partial charge in [0.25, 0.3) is 11.3 Å². The van der Waals surface area contributed by atoms with Crippen molar-refractivity contribution < 1.29 is 23.4 Å². The first-order chi connectivity index (χ1) is 15.3. The van der Waals surface area contributed by atoms with Crippen LogP contribution < -0.4 is 9.04 Å². The van der Waals surface area contributed by atoms with Gasteiger partial charge in [-0.15, -0.1) is 0 Å². The van der Waals surface area contributed by atoms with E-state index >= 15 is 0 Å². The molecule has 2 atom stereocenters. The van der Waals surface area contributed by atoms with Gasteiger partial charge in [0.15, 0.2) is 0 Å². The lowest BCUT2D eigenvalue weighted by molar-refractivity contribution is -0.139. The number of aliphatic carboxylic acids is 1. The second-order valence-corrected chi connectivity index (χ2v) is 9.55. The molecule has 0 saturated heterocycles. The molecule has 0 saturated carbocycles. The maximum absolute atomic E-state index is 11.9. The minimum Gasteiger partial charge on any atom is -0.489 e. The Balaban J connectivity index is 1.74. The second-order valence-electron chi connectivity index (χ2n) is 7.53. The number of nitrogens with zero attached hydrogens (tertiary/aromatic N) is 1. The van der Waals surface area contributed by atoms with Crippen LogP contribution in [0.3, 0.4) is 0 Å². The number of hydrogen-bond donors (Lipinski definition) is 2. The molecule has 0 amide bonds. The third kappa shape index (κ3) is 5.87. The molecule has 2 unspecified atom stereocenters. The highest BCUT2D eigenvalue weighted by Gasteiger charge is 2.32. The SMILES string of the molecule is CC(C)C(C(=O)O)N(c1ccc(-c2ccc(OCc3ccccc3I)cc2)cc1)S(=O)O. The van der Waals surface area contributed by atoms with Crippen LogP contribution in [0.25, 0.3) is 11.1 Å². The van der Waals surface area contributed by atoms with E-state index in [2.05, 4.69) is 22.6 Å². The number of benzene rings is 3. The van der Waals surface area contributed by atoms with Gasteiger partial charge in [-0.05, 0) is 70.0 Å². The summed E-state index contributed by atoms with van der Waals surface area (Å²) in [5.41, 5.74) is 3.35. The number of anilines is 1. The summed E-state index contributed by atoms with van der Waals surface area (Å²) < 4.78 is 29.7. The topological polar surface area (TPSA) is 87.1 Å². The maximum Gasteiger partial charge on any atom is 0.327 e. The maximum atomic E-state index is 11.9. The fourth-order valence-corrected chi connectivity index (χ4v) is 4.70. The first kappa shape index (κ1) is 24.2. The predicted molar refractivity (Wildman–Crippen MR) is 135 cm³/mol. The van der Waals surface area contributed by atoms with Crippen molar-refractivity contribution in [3.8, 4) is 16.9 Å². The molecule has 3 rings (SSSR count). The minimum absolute atomic E-state index is 0.352. The number of ether oxygens (including phenoxy) is 1. The van der Waals surface area contributed by atoms with E-state index in [1.807, 2.05) is 48.5 Å². The van der Waals surface area contributed by atoms with Crippen LogP contribution in [0.1, 0.15) is 19.4 Å². The summed E-state index contributed by atoms with van der Waals surface area (Å²) in [5.74, 6) is -0.740. The Hall–Kier alpha value is -2.43. The van der Waals surface area contributed by atoms with Crippen molar-refractivity contribution in [1.82, 2.24) is 0 Å². The zero-order valence-corrected chi connectivity index (χ0v) is 20.6. The van der Waals surface area contributed by atoms with Crippen molar-refractivity contribution in [1.29, 1.82) is 0 Å². The Morgan fingerprint density at radius 2 is 1.56 bits per heavy atom. The molecule has 0 spiro atoms. The van der Waals surface area contributed by atoms with Gasteiger partial charge >= 0.3 is 5.97 Å². The van der Waals surface area contributed by atoms with Gasteiger partial charge in [0.2, 0.25) is 0 Å². The molecular formula is C24H24INO5S. The molecule has 168 valence electrons. The zero-order chi connectivity index (χ0) is 23.3. The quantitative estimate of drug-likeness (QED) is 0.261. The van der Waals surface area contributed by atoms with E-state index in [1.165, 1.54) is 0 Å². The van der Waals surface area contributed by atoms with Gasteiger partial charge in [-0.25, -0.2) is 9.00 Å². The molecule has 3 aromatic carbocycles. The Morgan fingerprint density at radius 3 is 2.06 bits per heavy atom.